The van der Waals surface area contributed by atoms with Gasteiger partial charge in [-0.3, -0.25) is 9.78 Å². The lowest BCUT2D eigenvalue weighted by Crippen LogP contribution is -2.56. The summed E-state index contributed by atoms with van der Waals surface area (Å²) in [5.41, 5.74) is 1.46. The Hall–Kier alpha value is -1.34. The van der Waals surface area contributed by atoms with Crippen molar-refractivity contribution in [2.24, 2.45) is 5.92 Å². The van der Waals surface area contributed by atoms with Crippen molar-refractivity contribution in [3.63, 3.8) is 0 Å². The lowest BCUT2D eigenvalue weighted by molar-refractivity contribution is -0.124. The van der Waals surface area contributed by atoms with Gasteiger partial charge in [-0.1, -0.05) is 66.8 Å². The average molecular weight is 420 g/mol. The highest BCUT2D eigenvalue weighted by Gasteiger charge is 2.35. The molecule has 0 saturated heterocycles. The van der Waals surface area contributed by atoms with Gasteiger partial charge in [0.25, 0.3) is 0 Å². The van der Waals surface area contributed by atoms with Gasteiger partial charge in [-0.2, -0.15) is 0 Å². The summed E-state index contributed by atoms with van der Waals surface area (Å²) in [5, 5.41) is 9.62. The number of hydrogen-bond donors (Lipinski definition) is 3. The molecule has 0 aliphatic rings. The SMILES string of the molecule is CC(C)C(=O)N[C@@H](NC(=S)Nc1cccc2cccnc12)C(Cl)(Cl)Cl. The number of amides is 1. The van der Waals surface area contributed by atoms with Crippen LogP contribution in [-0.4, -0.2) is 26.0 Å². The molecule has 0 saturated carbocycles. The van der Waals surface area contributed by atoms with Crippen LogP contribution in [0.4, 0.5) is 5.69 Å². The summed E-state index contributed by atoms with van der Waals surface area (Å²) < 4.78 is -1.78. The van der Waals surface area contributed by atoms with Gasteiger partial charge in [0.05, 0.1) is 11.2 Å². The molecule has 134 valence electrons. The summed E-state index contributed by atoms with van der Waals surface area (Å²) in [6, 6.07) is 9.44. The summed E-state index contributed by atoms with van der Waals surface area (Å²) in [7, 11) is 0. The van der Waals surface area contributed by atoms with Gasteiger partial charge in [0.15, 0.2) is 5.11 Å². The lowest BCUT2D eigenvalue weighted by Gasteiger charge is -2.28. The molecule has 0 aliphatic heterocycles. The molecular weight excluding hydrogens is 403 g/mol. The van der Waals surface area contributed by atoms with E-state index in [2.05, 4.69) is 20.9 Å². The number of nitrogens with one attached hydrogen (secondary N) is 3. The van der Waals surface area contributed by atoms with Gasteiger partial charge >= 0.3 is 0 Å². The molecular formula is C16H17Cl3N4OS. The standard InChI is InChI=1S/C16H17Cl3N4OS/c1-9(2)13(24)22-14(16(17,18)19)23-15(25)21-11-7-3-5-10-6-4-8-20-12(10)11/h3-9,14H,1-2H3,(H,22,24)(H2,21,23,25)/t14-/m0/s1. The maximum atomic E-state index is 11.9. The number of aromatic nitrogens is 1. The Bertz CT molecular complexity index is 774. The van der Waals surface area contributed by atoms with Crippen LogP contribution in [0.1, 0.15) is 13.8 Å². The van der Waals surface area contributed by atoms with Crippen LogP contribution in [0.2, 0.25) is 0 Å². The normalized spacial score (nSPS) is 12.7. The van der Waals surface area contributed by atoms with E-state index in [0.29, 0.717) is 5.69 Å². The van der Waals surface area contributed by atoms with E-state index >= 15 is 0 Å². The number of halogens is 3. The smallest absolute Gasteiger partial charge is 0.228 e. The minimum Gasteiger partial charge on any atom is -0.339 e. The molecule has 3 N–H and O–H groups in total. The molecule has 1 heterocycles. The maximum Gasteiger partial charge on any atom is 0.228 e. The van der Waals surface area contributed by atoms with Crippen LogP contribution in [0.5, 0.6) is 0 Å². The van der Waals surface area contributed by atoms with Crippen molar-refractivity contribution >= 4 is 74.6 Å². The van der Waals surface area contributed by atoms with Gasteiger partial charge in [-0.25, -0.2) is 0 Å². The van der Waals surface area contributed by atoms with E-state index in [1.807, 2.05) is 30.3 Å². The zero-order valence-electron chi connectivity index (χ0n) is 13.5. The topological polar surface area (TPSA) is 66.1 Å². The van der Waals surface area contributed by atoms with Crippen molar-refractivity contribution in [1.82, 2.24) is 15.6 Å². The Morgan fingerprint density at radius 3 is 2.48 bits per heavy atom. The predicted molar refractivity (Wildman–Crippen MR) is 108 cm³/mol. The molecule has 2 aromatic rings. The molecule has 0 fully saturated rings. The van der Waals surface area contributed by atoms with E-state index < -0.39 is 9.96 Å². The Morgan fingerprint density at radius 1 is 1.16 bits per heavy atom. The second-order valence-corrected chi connectivity index (χ2v) is 8.39. The number of alkyl halides is 3. The molecule has 1 aromatic carbocycles. The molecule has 0 unspecified atom stereocenters. The molecule has 0 aliphatic carbocycles. The monoisotopic (exact) mass is 418 g/mol. The molecule has 1 aromatic heterocycles. The number of anilines is 1. The molecule has 25 heavy (non-hydrogen) atoms. The molecule has 2 rings (SSSR count). The molecule has 1 atom stereocenters. The third-order valence-electron chi connectivity index (χ3n) is 3.29. The third kappa shape index (κ3) is 5.57. The number of carbonyl (C=O) groups excluding carboxylic acids is 1. The van der Waals surface area contributed by atoms with Crippen molar-refractivity contribution in [2.75, 3.05) is 5.32 Å². The fourth-order valence-electron chi connectivity index (χ4n) is 2.00. The number of fused-ring (bicyclic) bond motifs is 1. The van der Waals surface area contributed by atoms with Gasteiger partial charge in [0.1, 0.15) is 6.17 Å². The molecule has 9 heteroatoms. The van der Waals surface area contributed by atoms with Crippen molar-refractivity contribution < 1.29 is 4.79 Å². The summed E-state index contributed by atoms with van der Waals surface area (Å²) in [4.78, 5) is 16.2. The largest absolute Gasteiger partial charge is 0.339 e. The first-order valence-electron chi connectivity index (χ1n) is 7.47. The second kappa shape index (κ2) is 8.36. The van der Waals surface area contributed by atoms with E-state index in [1.54, 1.807) is 20.0 Å². The van der Waals surface area contributed by atoms with Crippen LogP contribution in [0.25, 0.3) is 10.9 Å². The number of pyridine rings is 1. The van der Waals surface area contributed by atoms with Gasteiger partial charge in [0.2, 0.25) is 9.70 Å². The van der Waals surface area contributed by atoms with Gasteiger partial charge in [-0.15, -0.1) is 0 Å². The van der Waals surface area contributed by atoms with E-state index in [4.69, 9.17) is 47.0 Å². The first-order chi connectivity index (χ1) is 11.7. The molecule has 5 nitrogen and oxygen atoms in total. The van der Waals surface area contributed by atoms with Crippen molar-refractivity contribution in [1.29, 1.82) is 0 Å². The highest BCUT2D eigenvalue weighted by molar-refractivity contribution is 7.80. The van der Waals surface area contributed by atoms with Gasteiger partial charge in [-0.05, 0) is 24.4 Å². The molecule has 0 spiro atoms. The Morgan fingerprint density at radius 2 is 1.84 bits per heavy atom. The number of nitrogens with zero attached hydrogens (tertiary/aromatic N) is 1. The van der Waals surface area contributed by atoms with Crippen LogP contribution in [-0.2, 0) is 4.79 Å². The van der Waals surface area contributed by atoms with E-state index in [-0.39, 0.29) is 16.9 Å². The molecule has 0 radical (unpaired) electrons. The van der Waals surface area contributed by atoms with E-state index in [9.17, 15) is 4.79 Å². The quantitative estimate of drug-likeness (QED) is 0.397. The zero-order valence-corrected chi connectivity index (χ0v) is 16.6. The predicted octanol–water partition coefficient (Wildman–Crippen LogP) is 3.99. The highest BCUT2D eigenvalue weighted by atomic mass is 35.6. The summed E-state index contributed by atoms with van der Waals surface area (Å²) in [6.07, 6.45) is 0.701. The third-order valence-corrected chi connectivity index (χ3v) is 4.17. The van der Waals surface area contributed by atoms with Crippen molar-refractivity contribution in [3.05, 3.63) is 36.5 Å². The first kappa shape index (κ1) is 20.0. The number of hydrogen-bond acceptors (Lipinski definition) is 3. The van der Waals surface area contributed by atoms with Crippen LogP contribution in [0.15, 0.2) is 36.5 Å². The van der Waals surface area contributed by atoms with E-state index in [1.165, 1.54) is 0 Å². The summed E-state index contributed by atoms with van der Waals surface area (Å²) in [5.74, 6) is -0.529. The number of benzene rings is 1. The summed E-state index contributed by atoms with van der Waals surface area (Å²) in [6.45, 7) is 3.48. The number of carbonyl (C=O) groups is 1. The van der Waals surface area contributed by atoms with Crippen LogP contribution in [0.3, 0.4) is 0 Å². The average Bonchev–Trinajstić information content (AvgIpc) is 2.53. The Labute approximate surface area is 166 Å². The lowest BCUT2D eigenvalue weighted by atomic mass is 10.2. The van der Waals surface area contributed by atoms with Gasteiger partial charge in [0, 0.05) is 17.5 Å². The number of thiocarbonyl (C=S) groups is 1. The van der Waals surface area contributed by atoms with Crippen LogP contribution in [0, 0.1) is 5.92 Å². The second-order valence-electron chi connectivity index (χ2n) is 5.62. The minimum atomic E-state index is -1.78. The van der Waals surface area contributed by atoms with Crippen molar-refractivity contribution in [2.45, 2.75) is 23.8 Å². The van der Waals surface area contributed by atoms with Crippen molar-refractivity contribution in [3.8, 4) is 0 Å². The molecule has 1 amide bonds. The first-order valence-corrected chi connectivity index (χ1v) is 9.01. The van der Waals surface area contributed by atoms with Crippen LogP contribution < -0.4 is 16.0 Å². The maximum absolute atomic E-state index is 11.9. The number of rotatable bonds is 4. The van der Waals surface area contributed by atoms with E-state index in [0.717, 1.165) is 10.9 Å². The molecule has 0 bridgehead atoms. The fraction of sp³-hybridized carbons (Fsp3) is 0.312. The minimum absolute atomic E-state index is 0.193. The van der Waals surface area contributed by atoms with Gasteiger partial charge < -0.3 is 16.0 Å². The van der Waals surface area contributed by atoms with Crippen LogP contribution >= 0.6 is 47.0 Å². The zero-order chi connectivity index (χ0) is 18.6. The fourth-order valence-corrected chi connectivity index (χ4v) is 2.56. The Balaban J connectivity index is 2.14. The number of para-hydroxylation sites is 1. The Kier molecular flexibility index (Phi) is 6.68. The summed E-state index contributed by atoms with van der Waals surface area (Å²) >= 11 is 23.1. The highest BCUT2D eigenvalue weighted by Crippen LogP contribution is 2.29.